The number of hydroxylamine groups is 1. The smallest absolute Gasteiger partial charge is 0.289 e. The van der Waals surface area contributed by atoms with Crippen LogP contribution in [0.5, 0.6) is 0 Å². The molecule has 0 aliphatic carbocycles. The number of carbonyl (C=O) groups excluding carboxylic acids is 1. The average Bonchev–Trinajstić information content (AvgIpc) is 2.83. The van der Waals surface area contributed by atoms with Gasteiger partial charge in [0.05, 0.1) is 30.1 Å². The molecule has 0 fully saturated rings. The molecule has 0 saturated heterocycles. The number of carbonyl (C=O) groups is 1. The van der Waals surface area contributed by atoms with Crippen molar-refractivity contribution in [1.82, 2.24) is 15.0 Å². The third kappa shape index (κ3) is 6.02. The Bertz CT molecular complexity index is 1170. The third-order valence-corrected chi connectivity index (χ3v) is 4.74. The Kier molecular flexibility index (Phi) is 8.28. The first-order valence-corrected chi connectivity index (χ1v) is 10.2. The van der Waals surface area contributed by atoms with Gasteiger partial charge in [0, 0.05) is 18.6 Å². The average molecular weight is 454 g/mol. The minimum Gasteiger partial charge on any atom is -0.350 e. The number of hydrogen-bond acceptors (Lipinski definition) is 6. The van der Waals surface area contributed by atoms with Gasteiger partial charge in [0.25, 0.3) is 11.5 Å². The van der Waals surface area contributed by atoms with Crippen molar-refractivity contribution < 1.29 is 18.4 Å². The first-order valence-electron chi connectivity index (χ1n) is 10.2. The maximum Gasteiger partial charge on any atom is 0.289 e. The molecule has 2 aromatic heterocycles. The Morgan fingerprint density at radius 2 is 2.12 bits per heavy atom. The van der Waals surface area contributed by atoms with Gasteiger partial charge in [0.2, 0.25) is 5.82 Å². The number of rotatable bonds is 10. The Morgan fingerprint density at radius 3 is 2.79 bits per heavy atom. The predicted molar refractivity (Wildman–Crippen MR) is 122 cm³/mol. The molecule has 4 N–H and O–H groups in total. The van der Waals surface area contributed by atoms with E-state index < -0.39 is 28.8 Å². The monoisotopic (exact) mass is 454 g/mol. The Morgan fingerprint density at radius 1 is 1.30 bits per heavy atom. The van der Waals surface area contributed by atoms with Crippen molar-refractivity contribution in [2.75, 3.05) is 18.5 Å². The van der Waals surface area contributed by atoms with Gasteiger partial charge < -0.3 is 15.6 Å². The number of anilines is 2. The van der Waals surface area contributed by atoms with Crippen LogP contribution in [-0.4, -0.2) is 35.9 Å². The molecule has 2 heterocycles. The van der Waals surface area contributed by atoms with E-state index in [-0.39, 0.29) is 24.4 Å². The van der Waals surface area contributed by atoms with Crippen LogP contribution in [0.3, 0.4) is 0 Å². The van der Waals surface area contributed by atoms with Crippen molar-refractivity contribution >= 4 is 30.0 Å². The molecule has 8 nitrogen and oxygen atoms in total. The number of nitrogens with zero attached hydrogens (tertiary/aromatic N) is 2. The number of aromatic nitrogens is 2. The van der Waals surface area contributed by atoms with Crippen LogP contribution in [0.2, 0.25) is 6.82 Å². The van der Waals surface area contributed by atoms with Gasteiger partial charge >= 0.3 is 0 Å². The molecule has 3 rings (SSSR count). The molecular formula is C22H23BF2N5O3. The fourth-order valence-electron chi connectivity index (χ4n) is 3.00. The maximum atomic E-state index is 15.2. The summed E-state index contributed by atoms with van der Waals surface area (Å²) < 4.78 is 30.8. The summed E-state index contributed by atoms with van der Waals surface area (Å²) in [6.45, 7) is 2.23. The second kappa shape index (κ2) is 11.3. The fraction of sp³-hybridized carbons (Fsp3) is 0.227. The van der Waals surface area contributed by atoms with Gasteiger partial charge in [-0.1, -0.05) is 24.4 Å². The van der Waals surface area contributed by atoms with E-state index in [0.29, 0.717) is 24.0 Å². The van der Waals surface area contributed by atoms with Crippen LogP contribution in [0.4, 0.5) is 20.2 Å². The molecule has 1 amide bonds. The third-order valence-electron chi connectivity index (χ3n) is 4.74. The van der Waals surface area contributed by atoms with Crippen molar-refractivity contribution in [1.29, 1.82) is 0 Å². The highest BCUT2D eigenvalue weighted by atomic mass is 19.1. The van der Waals surface area contributed by atoms with Crippen molar-refractivity contribution in [2.24, 2.45) is 5.73 Å². The van der Waals surface area contributed by atoms with E-state index >= 15 is 4.39 Å². The van der Waals surface area contributed by atoms with E-state index in [9.17, 15) is 14.0 Å². The second-order valence-corrected chi connectivity index (χ2v) is 7.10. The number of nitrogens with one attached hydrogen (secondary N) is 2. The van der Waals surface area contributed by atoms with Crippen LogP contribution in [0.25, 0.3) is 0 Å². The van der Waals surface area contributed by atoms with Crippen molar-refractivity contribution in [3.05, 3.63) is 82.0 Å². The minimum atomic E-state index is -1.24. The van der Waals surface area contributed by atoms with E-state index in [0.717, 1.165) is 4.57 Å². The number of halogens is 2. The van der Waals surface area contributed by atoms with Crippen molar-refractivity contribution in [3.63, 3.8) is 0 Å². The van der Waals surface area contributed by atoms with Crippen LogP contribution in [0.15, 0.2) is 53.7 Å². The highest BCUT2D eigenvalue weighted by Crippen LogP contribution is 2.24. The predicted octanol–water partition coefficient (Wildman–Crippen LogP) is 1.70. The molecule has 0 bridgehead atoms. The molecule has 11 heteroatoms. The quantitative estimate of drug-likeness (QED) is 0.244. The molecule has 0 spiro atoms. The number of hydrogen-bond donors (Lipinski definition) is 3. The zero-order chi connectivity index (χ0) is 23.8. The minimum absolute atomic E-state index is 0.0203. The zero-order valence-electron chi connectivity index (χ0n) is 18.0. The van der Waals surface area contributed by atoms with Crippen LogP contribution in [-0.2, 0) is 11.4 Å². The van der Waals surface area contributed by atoms with Gasteiger partial charge in [-0.25, -0.2) is 9.87 Å². The standard InChI is InChI=1S/C22H23BF2N5O3/c1-23-15-5-6-18(17(24)10-15)28-20-16(21(31)29-33-9-3-7-26)13-30(22(32)19(20)25)12-14-4-2-8-27-11-14/h2,4-6,8,10-11,13,28H,3,7,9,12,26H2,1H3,(H,29,31). The molecule has 33 heavy (non-hydrogen) atoms. The van der Waals surface area contributed by atoms with Crippen LogP contribution in [0, 0.1) is 11.6 Å². The largest absolute Gasteiger partial charge is 0.350 e. The Balaban J connectivity index is 2.01. The highest BCUT2D eigenvalue weighted by Gasteiger charge is 2.22. The summed E-state index contributed by atoms with van der Waals surface area (Å²) in [4.78, 5) is 34.5. The summed E-state index contributed by atoms with van der Waals surface area (Å²) in [5, 5.41) is 2.55. The van der Waals surface area contributed by atoms with Crippen LogP contribution < -0.4 is 27.6 Å². The lowest BCUT2D eigenvalue weighted by Gasteiger charge is -2.16. The molecule has 0 aliphatic heterocycles. The van der Waals surface area contributed by atoms with Crippen LogP contribution >= 0.6 is 0 Å². The van der Waals surface area contributed by atoms with Gasteiger partial charge in [-0.05, 0) is 36.7 Å². The Hall–Kier alpha value is -3.57. The summed E-state index contributed by atoms with van der Waals surface area (Å²) in [6, 6.07) is 7.64. The first-order chi connectivity index (χ1) is 15.9. The fourth-order valence-corrected chi connectivity index (χ4v) is 3.00. The molecule has 1 aromatic carbocycles. The van der Waals surface area contributed by atoms with E-state index in [1.54, 1.807) is 38.5 Å². The van der Waals surface area contributed by atoms with Gasteiger partial charge in [0.1, 0.15) is 13.1 Å². The van der Waals surface area contributed by atoms with Crippen molar-refractivity contribution in [2.45, 2.75) is 19.8 Å². The summed E-state index contributed by atoms with van der Waals surface area (Å²) in [6.07, 6.45) is 4.77. The SMILES string of the molecule is C[B]c1ccc(Nc2c(C(=O)NOCCCN)cn(Cc3cccnc3)c(=O)c2F)c(F)c1. The molecule has 0 saturated carbocycles. The molecule has 0 aliphatic rings. The molecule has 171 valence electrons. The molecular weight excluding hydrogens is 431 g/mol. The number of amides is 1. The zero-order valence-corrected chi connectivity index (χ0v) is 18.0. The first kappa shape index (κ1) is 24.1. The lowest BCUT2D eigenvalue weighted by molar-refractivity contribution is 0.0309. The number of nitrogens with two attached hydrogens (primary N) is 1. The molecule has 0 unspecified atom stereocenters. The van der Waals surface area contributed by atoms with E-state index in [4.69, 9.17) is 10.6 Å². The number of pyridine rings is 2. The van der Waals surface area contributed by atoms with E-state index in [1.165, 1.54) is 24.5 Å². The highest BCUT2D eigenvalue weighted by molar-refractivity contribution is 6.51. The Labute approximate surface area is 190 Å². The molecule has 3 aromatic rings. The second-order valence-electron chi connectivity index (χ2n) is 7.10. The van der Waals surface area contributed by atoms with Crippen LogP contribution in [0.1, 0.15) is 22.3 Å². The summed E-state index contributed by atoms with van der Waals surface area (Å²) >= 11 is 0. The van der Waals surface area contributed by atoms with Gasteiger partial charge in [-0.15, -0.1) is 0 Å². The van der Waals surface area contributed by atoms with E-state index in [2.05, 4.69) is 15.8 Å². The van der Waals surface area contributed by atoms with Gasteiger partial charge in [-0.3, -0.25) is 19.4 Å². The topological polar surface area (TPSA) is 111 Å². The normalized spacial score (nSPS) is 10.7. The number of benzene rings is 1. The maximum absolute atomic E-state index is 15.2. The van der Waals surface area contributed by atoms with Gasteiger partial charge in [0.15, 0.2) is 0 Å². The lowest BCUT2D eigenvalue weighted by Crippen LogP contribution is -2.31. The molecule has 0 atom stereocenters. The summed E-state index contributed by atoms with van der Waals surface area (Å²) in [5.41, 5.74) is 7.06. The van der Waals surface area contributed by atoms with Crippen molar-refractivity contribution in [3.8, 4) is 0 Å². The van der Waals surface area contributed by atoms with Gasteiger partial charge in [-0.2, -0.15) is 4.39 Å². The summed E-state index contributed by atoms with van der Waals surface area (Å²) in [5.74, 6) is -2.72. The summed E-state index contributed by atoms with van der Waals surface area (Å²) in [7, 11) is 1.70. The lowest BCUT2D eigenvalue weighted by atomic mass is 9.73. The molecule has 1 radical (unpaired) electrons. The van der Waals surface area contributed by atoms with E-state index in [1.807, 2.05) is 0 Å².